The Balaban J connectivity index is 1.31. The fourth-order valence-corrected chi connectivity index (χ4v) is 4.02. The molecule has 4 heterocycles. The van der Waals surface area contributed by atoms with Gasteiger partial charge in [-0.15, -0.1) is 0 Å². The zero-order chi connectivity index (χ0) is 20.9. The van der Waals surface area contributed by atoms with Crippen molar-refractivity contribution < 1.29 is 13.2 Å². The van der Waals surface area contributed by atoms with Crippen LogP contribution in [-0.2, 0) is 6.18 Å². The molecule has 1 aliphatic carbocycles. The Morgan fingerprint density at radius 1 is 1.03 bits per heavy atom. The number of halogens is 3. The number of piperidine rings is 1. The first-order valence-electron chi connectivity index (χ1n) is 10.1. The number of rotatable bonds is 4. The zero-order valence-corrected chi connectivity index (χ0v) is 16.5. The van der Waals surface area contributed by atoms with Crippen LogP contribution in [0.3, 0.4) is 0 Å². The normalized spacial score (nSPS) is 18.2. The molecule has 3 aromatic heterocycles. The molecule has 0 N–H and O–H groups in total. The molecule has 0 atom stereocenters. The molecule has 2 fully saturated rings. The van der Waals surface area contributed by atoms with Crippen molar-refractivity contribution in [2.45, 2.75) is 43.8 Å². The third-order valence-electron chi connectivity index (χ3n) is 5.92. The minimum absolute atomic E-state index is 0.238. The maximum atomic E-state index is 13.1. The molecule has 1 aliphatic heterocycles. The highest BCUT2D eigenvalue weighted by Gasteiger charge is 2.35. The van der Waals surface area contributed by atoms with E-state index in [-0.39, 0.29) is 5.65 Å². The summed E-state index contributed by atoms with van der Waals surface area (Å²) < 4.78 is 40.6. The van der Waals surface area contributed by atoms with E-state index in [0.29, 0.717) is 30.9 Å². The Bertz CT molecular complexity index is 1050. The van der Waals surface area contributed by atoms with Crippen LogP contribution >= 0.6 is 0 Å². The standard InChI is InChI=1S/C20H22F3N7/c1-28(16-4-7-24-17(27-16)13-2-3-13)14-5-9-29(10-6-14)18-19-26-15(20(21,22)23)12-30(19)11-8-25-18/h4,7-8,11-14H,2-3,5-6,9-10H2,1H3. The Morgan fingerprint density at radius 3 is 2.50 bits per heavy atom. The lowest BCUT2D eigenvalue weighted by molar-refractivity contribution is -0.140. The van der Waals surface area contributed by atoms with Crippen LogP contribution in [-0.4, -0.2) is 50.5 Å². The molecule has 5 rings (SSSR count). The number of hydrogen-bond donors (Lipinski definition) is 0. The van der Waals surface area contributed by atoms with Gasteiger partial charge in [-0.05, 0) is 31.7 Å². The molecule has 0 radical (unpaired) electrons. The maximum absolute atomic E-state index is 13.1. The van der Waals surface area contributed by atoms with Gasteiger partial charge in [0, 0.05) is 56.9 Å². The van der Waals surface area contributed by atoms with E-state index in [1.54, 1.807) is 0 Å². The largest absolute Gasteiger partial charge is 0.434 e. The van der Waals surface area contributed by atoms with Crippen LogP contribution in [0, 0.1) is 0 Å². The molecule has 10 heteroatoms. The average Bonchev–Trinajstić information content (AvgIpc) is 3.50. The SMILES string of the molecule is CN(c1ccnc(C2CC2)n1)C1CCN(c2nccn3cc(C(F)(F)F)nc23)CC1. The number of aromatic nitrogens is 5. The third kappa shape index (κ3) is 3.54. The van der Waals surface area contributed by atoms with Gasteiger partial charge in [-0.1, -0.05) is 0 Å². The summed E-state index contributed by atoms with van der Waals surface area (Å²) in [6.45, 7) is 1.38. The lowest BCUT2D eigenvalue weighted by atomic mass is 10.0. The molecule has 0 spiro atoms. The fourth-order valence-electron chi connectivity index (χ4n) is 4.02. The highest BCUT2D eigenvalue weighted by molar-refractivity contribution is 5.65. The Hall–Kier alpha value is -2.91. The van der Waals surface area contributed by atoms with Crippen molar-refractivity contribution in [1.29, 1.82) is 0 Å². The van der Waals surface area contributed by atoms with E-state index in [1.807, 2.05) is 24.2 Å². The summed E-state index contributed by atoms with van der Waals surface area (Å²) in [7, 11) is 2.04. The van der Waals surface area contributed by atoms with Gasteiger partial charge in [-0.25, -0.2) is 19.9 Å². The van der Waals surface area contributed by atoms with Crippen molar-refractivity contribution in [3.63, 3.8) is 0 Å². The molecule has 1 saturated carbocycles. The van der Waals surface area contributed by atoms with E-state index in [9.17, 15) is 13.2 Å². The molecule has 3 aromatic rings. The molecule has 1 saturated heterocycles. The first-order valence-corrected chi connectivity index (χ1v) is 10.1. The lowest BCUT2D eigenvalue weighted by Crippen LogP contribution is -2.44. The lowest BCUT2D eigenvalue weighted by Gasteiger charge is -2.37. The van der Waals surface area contributed by atoms with Crippen LogP contribution in [0.4, 0.5) is 24.8 Å². The first-order chi connectivity index (χ1) is 14.4. The fraction of sp³-hybridized carbons (Fsp3) is 0.500. The molecule has 0 unspecified atom stereocenters. The highest BCUT2D eigenvalue weighted by Crippen LogP contribution is 2.38. The first kappa shape index (κ1) is 19.1. The number of anilines is 2. The number of imidazole rings is 1. The van der Waals surface area contributed by atoms with Crippen molar-refractivity contribution in [2.75, 3.05) is 29.9 Å². The summed E-state index contributed by atoms with van der Waals surface area (Å²) >= 11 is 0. The average molecular weight is 417 g/mol. The molecule has 158 valence electrons. The Labute approximate surface area is 171 Å². The molecule has 30 heavy (non-hydrogen) atoms. The van der Waals surface area contributed by atoms with E-state index < -0.39 is 11.9 Å². The quantitative estimate of drug-likeness (QED) is 0.647. The summed E-state index contributed by atoms with van der Waals surface area (Å²) in [6, 6.07) is 2.23. The van der Waals surface area contributed by atoms with E-state index in [1.165, 1.54) is 16.8 Å². The minimum atomic E-state index is -4.48. The predicted molar refractivity (Wildman–Crippen MR) is 106 cm³/mol. The number of nitrogens with zero attached hydrogens (tertiary/aromatic N) is 7. The third-order valence-corrected chi connectivity index (χ3v) is 5.92. The number of fused-ring (bicyclic) bond motifs is 1. The van der Waals surface area contributed by atoms with Crippen LogP contribution in [0.2, 0.25) is 0 Å². The summed E-state index contributed by atoms with van der Waals surface area (Å²) in [5.74, 6) is 2.84. The molecule has 7 nitrogen and oxygen atoms in total. The van der Waals surface area contributed by atoms with E-state index in [0.717, 1.165) is 43.5 Å². The highest BCUT2D eigenvalue weighted by atomic mass is 19.4. The maximum Gasteiger partial charge on any atom is 0.434 e. The van der Waals surface area contributed by atoms with Crippen LogP contribution in [0.15, 0.2) is 30.9 Å². The molecule has 0 amide bonds. The number of hydrogen-bond acceptors (Lipinski definition) is 6. The second-order valence-corrected chi connectivity index (χ2v) is 7.98. The zero-order valence-electron chi connectivity index (χ0n) is 16.5. The van der Waals surface area contributed by atoms with Crippen molar-refractivity contribution in [2.24, 2.45) is 0 Å². The van der Waals surface area contributed by atoms with Gasteiger partial charge in [-0.2, -0.15) is 13.2 Å². The molecule has 0 bridgehead atoms. The summed E-state index contributed by atoms with van der Waals surface area (Å²) in [6.07, 6.45) is 5.40. The molecule has 0 aromatic carbocycles. The second kappa shape index (κ2) is 7.10. The van der Waals surface area contributed by atoms with Crippen molar-refractivity contribution >= 4 is 17.3 Å². The predicted octanol–water partition coefficient (Wildman–Crippen LogP) is 3.52. The second-order valence-electron chi connectivity index (χ2n) is 7.98. The van der Waals surface area contributed by atoms with Gasteiger partial charge < -0.3 is 14.2 Å². The van der Waals surface area contributed by atoms with Gasteiger partial charge in [0.05, 0.1) is 0 Å². The van der Waals surface area contributed by atoms with Gasteiger partial charge in [0.15, 0.2) is 17.2 Å². The van der Waals surface area contributed by atoms with Crippen LogP contribution < -0.4 is 9.80 Å². The molecular weight excluding hydrogens is 395 g/mol. The van der Waals surface area contributed by atoms with Crippen LogP contribution in [0.25, 0.3) is 5.65 Å². The summed E-state index contributed by atoms with van der Waals surface area (Å²) in [4.78, 5) is 21.4. The van der Waals surface area contributed by atoms with Crippen molar-refractivity contribution in [3.8, 4) is 0 Å². The van der Waals surface area contributed by atoms with Crippen molar-refractivity contribution in [1.82, 2.24) is 24.3 Å². The van der Waals surface area contributed by atoms with E-state index >= 15 is 0 Å². The monoisotopic (exact) mass is 417 g/mol. The van der Waals surface area contributed by atoms with Crippen LogP contribution in [0.1, 0.15) is 43.1 Å². The van der Waals surface area contributed by atoms with Gasteiger partial charge in [-0.3, -0.25) is 0 Å². The Kier molecular flexibility index (Phi) is 4.52. The van der Waals surface area contributed by atoms with E-state index in [2.05, 4.69) is 19.9 Å². The van der Waals surface area contributed by atoms with Crippen LogP contribution in [0.5, 0.6) is 0 Å². The van der Waals surface area contributed by atoms with Gasteiger partial charge in [0.1, 0.15) is 11.6 Å². The summed E-state index contributed by atoms with van der Waals surface area (Å²) in [5.41, 5.74) is -0.664. The number of alkyl halides is 3. The van der Waals surface area contributed by atoms with Gasteiger partial charge >= 0.3 is 6.18 Å². The smallest absolute Gasteiger partial charge is 0.356 e. The van der Waals surface area contributed by atoms with Crippen molar-refractivity contribution in [3.05, 3.63) is 42.4 Å². The minimum Gasteiger partial charge on any atom is -0.356 e. The van der Waals surface area contributed by atoms with E-state index in [4.69, 9.17) is 4.98 Å². The Morgan fingerprint density at radius 2 is 1.80 bits per heavy atom. The molecule has 2 aliphatic rings. The summed E-state index contributed by atoms with van der Waals surface area (Å²) in [5, 5.41) is 0. The van der Waals surface area contributed by atoms with Gasteiger partial charge in [0.2, 0.25) is 0 Å². The topological polar surface area (TPSA) is 62.5 Å². The molecular formula is C20H22F3N7. The van der Waals surface area contributed by atoms with Gasteiger partial charge in [0.25, 0.3) is 0 Å².